The van der Waals surface area contributed by atoms with Crippen molar-refractivity contribution in [3.8, 4) is 11.5 Å². The van der Waals surface area contributed by atoms with Crippen molar-refractivity contribution in [2.75, 3.05) is 32.6 Å². The van der Waals surface area contributed by atoms with Crippen LogP contribution < -0.4 is 14.8 Å². The maximum Gasteiger partial charge on any atom is 0.435 e. The van der Waals surface area contributed by atoms with Gasteiger partial charge < -0.3 is 19.7 Å². The molecule has 2 aromatic carbocycles. The maximum absolute atomic E-state index is 13.1. The molecule has 11 heteroatoms. The average molecular weight is 502 g/mol. The second-order valence-corrected chi connectivity index (χ2v) is 8.30. The molecule has 190 valence electrons. The number of carbonyl (C=O) groups is 2. The Hall–Kier alpha value is -4.02. The number of aromatic nitrogens is 2. The molecule has 0 bridgehead atoms. The zero-order valence-electron chi connectivity index (χ0n) is 19.8. The number of nitrogens with zero attached hydrogens (tertiary/aromatic N) is 3. The number of methoxy groups -OCH3 is 2. The number of carbonyl (C=O) groups excluding carboxylic acids is 2. The minimum atomic E-state index is -4.51. The highest BCUT2D eigenvalue weighted by molar-refractivity contribution is 6.09. The first-order valence-corrected chi connectivity index (χ1v) is 11.3. The summed E-state index contributed by atoms with van der Waals surface area (Å²) in [5.74, 6) is 0.0625. The van der Waals surface area contributed by atoms with E-state index >= 15 is 0 Å². The summed E-state index contributed by atoms with van der Waals surface area (Å²) in [4.78, 5) is 27.9. The van der Waals surface area contributed by atoms with Crippen LogP contribution in [0, 0.1) is 0 Å². The molecule has 1 aromatic heterocycles. The minimum absolute atomic E-state index is 0.113. The standard InChI is InChI=1S/C25H25F3N4O4/c1-35-20-13-18(24(34)31-10-3-4-11-31)19(14-21(20)36-2)29-23(33)17-7-5-16(6-8-17)15-32-12-9-22(30-32)25(26,27)28/h5-9,12-14H,3-4,10-11,15H2,1-2H3,(H,29,33). The summed E-state index contributed by atoms with van der Waals surface area (Å²) >= 11 is 0. The van der Waals surface area contributed by atoms with Crippen molar-refractivity contribution in [3.05, 3.63) is 71.0 Å². The smallest absolute Gasteiger partial charge is 0.435 e. The van der Waals surface area contributed by atoms with Crippen molar-refractivity contribution < 1.29 is 32.2 Å². The van der Waals surface area contributed by atoms with Crippen LogP contribution >= 0.6 is 0 Å². The van der Waals surface area contributed by atoms with Crippen molar-refractivity contribution >= 4 is 17.5 Å². The lowest BCUT2D eigenvalue weighted by molar-refractivity contribution is -0.141. The molecule has 0 spiro atoms. The van der Waals surface area contributed by atoms with Crippen molar-refractivity contribution in [3.63, 3.8) is 0 Å². The minimum Gasteiger partial charge on any atom is -0.493 e. The molecule has 2 amide bonds. The normalized spacial score (nSPS) is 13.5. The molecule has 2 heterocycles. The molecular weight excluding hydrogens is 477 g/mol. The molecule has 4 rings (SSSR count). The van der Waals surface area contributed by atoms with Crippen molar-refractivity contribution in [1.82, 2.24) is 14.7 Å². The van der Waals surface area contributed by atoms with E-state index in [9.17, 15) is 22.8 Å². The van der Waals surface area contributed by atoms with Gasteiger partial charge in [0.05, 0.1) is 32.0 Å². The summed E-state index contributed by atoms with van der Waals surface area (Å²) in [6.45, 7) is 1.40. The quantitative estimate of drug-likeness (QED) is 0.516. The van der Waals surface area contributed by atoms with Gasteiger partial charge in [0.15, 0.2) is 17.2 Å². The zero-order chi connectivity index (χ0) is 25.9. The van der Waals surface area contributed by atoms with Gasteiger partial charge in [0, 0.05) is 30.9 Å². The zero-order valence-corrected chi connectivity index (χ0v) is 19.8. The number of amides is 2. The predicted molar refractivity (Wildman–Crippen MR) is 125 cm³/mol. The lowest BCUT2D eigenvalue weighted by Gasteiger charge is -2.20. The van der Waals surface area contributed by atoms with Gasteiger partial charge in [-0.05, 0) is 42.7 Å². The number of nitrogens with one attached hydrogen (secondary N) is 1. The van der Waals surface area contributed by atoms with E-state index in [4.69, 9.17) is 9.47 Å². The summed E-state index contributed by atoms with van der Waals surface area (Å²) in [5.41, 5.74) is 0.588. The van der Waals surface area contributed by atoms with Crippen molar-refractivity contribution in [2.45, 2.75) is 25.6 Å². The SMILES string of the molecule is COc1cc(NC(=O)c2ccc(Cn3ccc(C(F)(F)F)n3)cc2)c(C(=O)N2CCCC2)cc1OC. The van der Waals surface area contributed by atoms with E-state index in [-0.39, 0.29) is 18.1 Å². The summed E-state index contributed by atoms with van der Waals surface area (Å²) in [6, 6.07) is 10.4. The third-order valence-corrected chi connectivity index (χ3v) is 5.89. The third kappa shape index (κ3) is 5.45. The number of rotatable bonds is 7. The van der Waals surface area contributed by atoms with Crippen LogP contribution in [-0.2, 0) is 12.7 Å². The molecule has 0 saturated carbocycles. The molecule has 8 nitrogen and oxygen atoms in total. The number of halogens is 3. The van der Waals surface area contributed by atoms with Crippen LogP contribution in [0.5, 0.6) is 11.5 Å². The Morgan fingerprint density at radius 3 is 2.22 bits per heavy atom. The van der Waals surface area contributed by atoms with Crippen molar-refractivity contribution in [1.29, 1.82) is 0 Å². The lowest BCUT2D eigenvalue weighted by atomic mass is 10.1. The molecule has 36 heavy (non-hydrogen) atoms. The highest BCUT2D eigenvalue weighted by atomic mass is 19.4. The summed E-state index contributed by atoms with van der Waals surface area (Å²) < 4.78 is 50.1. The largest absolute Gasteiger partial charge is 0.493 e. The maximum atomic E-state index is 13.1. The topological polar surface area (TPSA) is 85.7 Å². The van der Waals surface area contributed by atoms with Gasteiger partial charge in [-0.25, -0.2) is 0 Å². The first-order chi connectivity index (χ1) is 17.2. The number of hydrogen-bond acceptors (Lipinski definition) is 5. The van der Waals surface area contributed by atoms with Gasteiger partial charge in [0.1, 0.15) is 0 Å². The van der Waals surface area contributed by atoms with E-state index in [1.54, 1.807) is 41.3 Å². The molecule has 0 atom stereocenters. The van der Waals surface area contributed by atoms with E-state index < -0.39 is 17.8 Å². The Labute approximate surface area is 205 Å². The Balaban J connectivity index is 1.53. The molecule has 3 aromatic rings. The molecule has 1 fully saturated rings. The van der Waals surface area contributed by atoms with Crippen LogP contribution in [0.2, 0.25) is 0 Å². The Bertz CT molecular complexity index is 1250. The first kappa shape index (κ1) is 25.1. The van der Waals surface area contributed by atoms with Gasteiger partial charge in [-0.2, -0.15) is 18.3 Å². The summed E-state index contributed by atoms with van der Waals surface area (Å²) in [6.07, 6.45) is -1.42. The first-order valence-electron chi connectivity index (χ1n) is 11.3. The number of ether oxygens (including phenoxy) is 2. The van der Waals surface area contributed by atoms with E-state index in [1.165, 1.54) is 25.1 Å². The van der Waals surface area contributed by atoms with Gasteiger partial charge in [-0.3, -0.25) is 14.3 Å². The number of benzene rings is 2. The highest BCUT2D eigenvalue weighted by Gasteiger charge is 2.33. The van der Waals surface area contributed by atoms with Crippen LogP contribution in [0.15, 0.2) is 48.7 Å². The second kappa shape index (κ2) is 10.3. The number of alkyl halides is 3. The van der Waals surface area contributed by atoms with Crippen LogP contribution in [-0.4, -0.2) is 53.8 Å². The molecule has 0 aliphatic carbocycles. The predicted octanol–water partition coefficient (Wildman–Crippen LogP) is 4.46. The summed E-state index contributed by atoms with van der Waals surface area (Å²) in [5, 5.41) is 6.32. The fraction of sp³-hybridized carbons (Fsp3) is 0.320. The van der Waals surface area contributed by atoms with Gasteiger partial charge >= 0.3 is 6.18 Å². The van der Waals surface area contributed by atoms with Gasteiger partial charge in [0.25, 0.3) is 11.8 Å². The van der Waals surface area contributed by atoms with E-state index in [2.05, 4.69) is 10.4 Å². The monoisotopic (exact) mass is 502 g/mol. The molecule has 1 aliphatic heterocycles. The average Bonchev–Trinajstić information content (AvgIpc) is 3.56. The van der Waals surface area contributed by atoms with E-state index in [1.807, 2.05) is 0 Å². The van der Waals surface area contributed by atoms with Crippen LogP contribution in [0.4, 0.5) is 18.9 Å². The Morgan fingerprint density at radius 1 is 1.00 bits per heavy atom. The fourth-order valence-corrected chi connectivity index (χ4v) is 3.99. The Morgan fingerprint density at radius 2 is 1.64 bits per heavy atom. The lowest BCUT2D eigenvalue weighted by Crippen LogP contribution is -2.29. The van der Waals surface area contributed by atoms with Gasteiger partial charge in [0.2, 0.25) is 0 Å². The third-order valence-electron chi connectivity index (χ3n) is 5.89. The van der Waals surface area contributed by atoms with Gasteiger partial charge in [-0.1, -0.05) is 12.1 Å². The van der Waals surface area contributed by atoms with Crippen LogP contribution in [0.3, 0.4) is 0 Å². The molecule has 1 aliphatic rings. The Kier molecular flexibility index (Phi) is 7.18. The number of anilines is 1. The van der Waals surface area contributed by atoms with Crippen LogP contribution in [0.1, 0.15) is 44.8 Å². The molecule has 1 N–H and O–H groups in total. The van der Waals surface area contributed by atoms with Crippen LogP contribution in [0.25, 0.3) is 0 Å². The summed E-state index contributed by atoms with van der Waals surface area (Å²) in [7, 11) is 2.93. The second-order valence-electron chi connectivity index (χ2n) is 8.30. The molecule has 0 unspecified atom stereocenters. The molecule has 0 radical (unpaired) electrons. The molecule has 1 saturated heterocycles. The van der Waals surface area contributed by atoms with E-state index in [0.717, 1.165) is 18.9 Å². The fourth-order valence-electron chi connectivity index (χ4n) is 3.99. The van der Waals surface area contributed by atoms with Gasteiger partial charge in [-0.15, -0.1) is 0 Å². The van der Waals surface area contributed by atoms with E-state index in [0.29, 0.717) is 41.3 Å². The van der Waals surface area contributed by atoms with Crippen molar-refractivity contribution in [2.24, 2.45) is 0 Å². The number of likely N-dealkylation sites (tertiary alicyclic amines) is 1. The molecular formula is C25H25F3N4O4. The number of hydrogen-bond donors (Lipinski definition) is 1. The highest BCUT2D eigenvalue weighted by Crippen LogP contribution is 2.35.